The summed E-state index contributed by atoms with van der Waals surface area (Å²) >= 11 is 1.67. The number of nitrogens with one attached hydrogen (secondary N) is 1. The maximum absolute atomic E-state index is 11.0. The second-order valence-electron chi connectivity index (χ2n) is 4.49. The number of thiazole rings is 1. The summed E-state index contributed by atoms with van der Waals surface area (Å²) in [6.07, 6.45) is 2.87. The van der Waals surface area contributed by atoms with Crippen LogP contribution in [0.15, 0.2) is 30.5 Å². The smallest absolute Gasteiger partial charge is 0.274 e. The Balaban J connectivity index is 2.05. The number of nitrogens with zero attached hydrogens (tertiary/aromatic N) is 2. The van der Waals surface area contributed by atoms with Gasteiger partial charge in [-0.25, -0.2) is 4.98 Å². The van der Waals surface area contributed by atoms with E-state index in [2.05, 4.69) is 17.2 Å². The molecule has 20 heavy (non-hydrogen) atoms. The van der Waals surface area contributed by atoms with Crippen molar-refractivity contribution in [3.05, 3.63) is 56.0 Å². The van der Waals surface area contributed by atoms with E-state index in [1.807, 2.05) is 19.2 Å². The number of nitro benzene ring substituents is 1. The summed E-state index contributed by atoms with van der Waals surface area (Å²) in [5, 5.41) is 15.3. The molecule has 2 aromatic rings. The highest BCUT2D eigenvalue weighted by atomic mass is 32.1. The molecule has 0 aliphatic carbocycles. The van der Waals surface area contributed by atoms with Crippen LogP contribution in [0.3, 0.4) is 0 Å². The quantitative estimate of drug-likeness (QED) is 0.653. The average molecular weight is 291 g/mol. The molecule has 2 rings (SSSR count). The van der Waals surface area contributed by atoms with Gasteiger partial charge in [-0.05, 0) is 13.3 Å². The van der Waals surface area contributed by atoms with Gasteiger partial charge in [-0.2, -0.15) is 0 Å². The minimum absolute atomic E-state index is 0.0921. The monoisotopic (exact) mass is 291 g/mol. The Hall–Kier alpha value is -1.79. The normalized spacial score (nSPS) is 12.3. The van der Waals surface area contributed by atoms with Gasteiger partial charge in [0, 0.05) is 35.3 Å². The van der Waals surface area contributed by atoms with Gasteiger partial charge in [0.25, 0.3) is 5.69 Å². The van der Waals surface area contributed by atoms with Crippen LogP contribution < -0.4 is 5.32 Å². The van der Waals surface area contributed by atoms with Crippen molar-refractivity contribution in [2.24, 2.45) is 0 Å². The minimum atomic E-state index is -0.341. The summed E-state index contributed by atoms with van der Waals surface area (Å²) in [6.45, 7) is 4.65. The zero-order chi connectivity index (χ0) is 14.5. The number of benzene rings is 1. The maximum atomic E-state index is 11.0. The van der Waals surface area contributed by atoms with Crippen molar-refractivity contribution >= 4 is 17.0 Å². The predicted molar refractivity (Wildman–Crippen MR) is 79.8 cm³/mol. The third-order valence-electron chi connectivity index (χ3n) is 3.11. The van der Waals surface area contributed by atoms with Crippen LogP contribution in [0.4, 0.5) is 5.69 Å². The lowest BCUT2D eigenvalue weighted by molar-refractivity contribution is -0.385. The molecule has 1 heterocycles. The van der Waals surface area contributed by atoms with E-state index in [4.69, 9.17) is 0 Å². The standard InChI is InChI=1S/C14H17N3O2S/c1-3-11-8-16-14(20-11)9-15-10(2)12-6-4-5-7-13(12)17(18)19/h4-8,10,15H,3,9H2,1-2H3. The van der Waals surface area contributed by atoms with Gasteiger partial charge in [-0.15, -0.1) is 11.3 Å². The van der Waals surface area contributed by atoms with E-state index < -0.39 is 0 Å². The molecule has 5 nitrogen and oxygen atoms in total. The van der Waals surface area contributed by atoms with Gasteiger partial charge in [0.2, 0.25) is 0 Å². The Morgan fingerprint density at radius 3 is 2.85 bits per heavy atom. The SMILES string of the molecule is CCc1cnc(CNC(C)c2ccccc2[N+](=O)[O-])s1. The first-order chi connectivity index (χ1) is 9.61. The Bertz CT molecular complexity index is 598. The van der Waals surface area contributed by atoms with Gasteiger partial charge in [-0.3, -0.25) is 10.1 Å². The first-order valence-electron chi connectivity index (χ1n) is 6.52. The van der Waals surface area contributed by atoms with Crippen LogP contribution in [0.2, 0.25) is 0 Å². The molecule has 0 saturated heterocycles. The third kappa shape index (κ3) is 3.40. The summed E-state index contributed by atoms with van der Waals surface area (Å²) in [5.41, 5.74) is 0.852. The molecule has 1 N–H and O–H groups in total. The van der Waals surface area contributed by atoms with E-state index in [0.29, 0.717) is 12.1 Å². The molecule has 1 atom stereocenters. The molecule has 1 unspecified atom stereocenters. The molecule has 0 fully saturated rings. The van der Waals surface area contributed by atoms with E-state index in [0.717, 1.165) is 11.4 Å². The fourth-order valence-electron chi connectivity index (χ4n) is 1.96. The van der Waals surface area contributed by atoms with Crippen molar-refractivity contribution in [3.63, 3.8) is 0 Å². The van der Waals surface area contributed by atoms with E-state index in [9.17, 15) is 10.1 Å². The lowest BCUT2D eigenvalue weighted by Crippen LogP contribution is -2.18. The Kier molecular flexibility index (Phi) is 4.81. The molecule has 0 radical (unpaired) electrons. The van der Waals surface area contributed by atoms with Crippen molar-refractivity contribution < 1.29 is 4.92 Å². The van der Waals surface area contributed by atoms with Crippen molar-refractivity contribution in [1.29, 1.82) is 0 Å². The van der Waals surface area contributed by atoms with E-state index >= 15 is 0 Å². The van der Waals surface area contributed by atoms with Gasteiger partial charge < -0.3 is 5.32 Å². The Labute approximate surface area is 121 Å². The molecule has 1 aromatic heterocycles. The highest BCUT2D eigenvalue weighted by molar-refractivity contribution is 7.11. The van der Waals surface area contributed by atoms with Gasteiger partial charge in [0.15, 0.2) is 0 Å². The lowest BCUT2D eigenvalue weighted by Gasteiger charge is -2.13. The van der Waals surface area contributed by atoms with Crippen LogP contribution in [0.25, 0.3) is 0 Å². The Morgan fingerprint density at radius 2 is 2.20 bits per heavy atom. The fraction of sp³-hybridized carbons (Fsp3) is 0.357. The predicted octanol–water partition coefficient (Wildman–Crippen LogP) is 3.46. The molecule has 0 bridgehead atoms. The minimum Gasteiger partial charge on any atom is -0.304 e. The lowest BCUT2D eigenvalue weighted by atomic mass is 10.1. The van der Waals surface area contributed by atoms with E-state index in [1.165, 1.54) is 10.9 Å². The first-order valence-corrected chi connectivity index (χ1v) is 7.33. The number of nitro groups is 1. The summed E-state index contributed by atoms with van der Waals surface area (Å²) in [6, 6.07) is 6.73. The first kappa shape index (κ1) is 14.6. The summed E-state index contributed by atoms with van der Waals surface area (Å²) in [4.78, 5) is 16.3. The number of rotatable bonds is 6. The molecule has 0 spiro atoms. The maximum Gasteiger partial charge on any atom is 0.274 e. The number of aromatic nitrogens is 1. The molecule has 0 amide bonds. The van der Waals surface area contributed by atoms with Gasteiger partial charge >= 0.3 is 0 Å². The highest BCUT2D eigenvalue weighted by Gasteiger charge is 2.17. The van der Waals surface area contributed by atoms with Crippen molar-refractivity contribution in [2.75, 3.05) is 0 Å². The summed E-state index contributed by atoms with van der Waals surface area (Å²) in [7, 11) is 0. The van der Waals surface area contributed by atoms with E-state index in [-0.39, 0.29) is 16.7 Å². The van der Waals surface area contributed by atoms with Crippen LogP contribution in [0.1, 0.15) is 35.3 Å². The summed E-state index contributed by atoms with van der Waals surface area (Å²) < 4.78 is 0. The van der Waals surface area contributed by atoms with E-state index in [1.54, 1.807) is 23.5 Å². The molecular weight excluding hydrogens is 274 g/mol. The molecule has 0 aliphatic heterocycles. The number of aryl methyl sites for hydroxylation is 1. The van der Waals surface area contributed by atoms with Crippen LogP contribution in [-0.2, 0) is 13.0 Å². The highest BCUT2D eigenvalue weighted by Crippen LogP contribution is 2.25. The van der Waals surface area contributed by atoms with Crippen LogP contribution in [0.5, 0.6) is 0 Å². The van der Waals surface area contributed by atoms with Crippen molar-refractivity contribution in [1.82, 2.24) is 10.3 Å². The molecule has 1 aromatic carbocycles. The molecule has 0 aliphatic rings. The Morgan fingerprint density at radius 1 is 1.45 bits per heavy atom. The third-order valence-corrected chi connectivity index (χ3v) is 4.25. The second kappa shape index (κ2) is 6.58. The number of para-hydroxylation sites is 1. The molecule has 106 valence electrons. The van der Waals surface area contributed by atoms with Crippen LogP contribution in [0, 0.1) is 10.1 Å². The average Bonchev–Trinajstić information content (AvgIpc) is 2.92. The molecular formula is C14H17N3O2S. The second-order valence-corrected chi connectivity index (χ2v) is 5.69. The molecule has 6 heteroatoms. The zero-order valence-electron chi connectivity index (χ0n) is 11.5. The van der Waals surface area contributed by atoms with Crippen molar-refractivity contribution in [2.45, 2.75) is 32.9 Å². The number of hydrogen-bond acceptors (Lipinski definition) is 5. The fourth-order valence-corrected chi connectivity index (χ4v) is 2.78. The summed E-state index contributed by atoms with van der Waals surface area (Å²) in [5.74, 6) is 0. The van der Waals surface area contributed by atoms with Crippen molar-refractivity contribution in [3.8, 4) is 0 Å². The molecule has 0 saturated carbocycles. The van der Waals surface area contributed by atoms with Gasteiger partial charge in [-0.1, -0.05) is 25.1 Å². The van der Waals surface area contributed by atoms with Crippen LogP contribution in [-0.4, -0.2) is 9.91 Å². The van der Waals surface area contributed by atoms with Gasteiger partial charge in [0.1, 0.15) is 5.01 Å². The largest absolute Gasteiger partial charge is 0.304 e. The number of hydrogen-bond donors (Lipinski definition) is 1. The van der Waals surface area contributed by atoms with Crippen LogP contribution >= 0.6 is 11.3 Å². The topological polar surface area (TPSA) is 68.1 Å². The van der Waals surface area contributed by atoms with Gasteiger partial charge in [0.05, 0.1) is 4.92 Å². The zero-order valence-corrected chi connectivity index (χ0v) is 12.3.